The maximum absolute atomic E-state index is 13.1. The highest BCUT2D eigenvalue weighted by molar-refractivity contribution is 5.26. The highest BCUT2D eigenvalue weighted by Crippen LogP contribution is 2.15. The van der Waals surface area contributed by atoms with E-state index in [1.54, 1.807) is 6.07 Å². The van der Waals surface area contributed by atoms with E-state index in [0.29, 0.717) is 12.0 Å². The molecule has 0 aliphatic heterocycles. The first-order chi connectivity index (χ1) is 8.08. The summed E-state index contributed by atoms with van der Waals surface area (Å²) in [5.41, 5.74) is 2.21. The first-order valence-corrected chi connectivity index (χ1v) is 6.56. The molecule has 1 atom stereocenters. The topological polar surface area (TPSA) is 12.0 Å². The van der Waals surface area contributed by atoms with Crippen LogP contribution in [0.2, 0.25) is 0 Å². The first-order valence-electron chi connectivity index (χ1n) is 6.56. The zero-order valence-electron chi connectivity index (χ0n) is 11.4. The molecule has 0 aliphatic rings. The molecule has 0 amide bonds. The van der Waals surface area contributed by atoms with Crippen molar-refractivity contribution in [3.63, 3.8) is 0 Å². The smallest absolute Gasteiger partial charge is 0.123 e. The lowest BCUT2D eigenvalue weighted by Gasteiger charge is -2.23. The van der Waals surface area contributed by atoms with Crippen molar-refractivity contribution < 1.29 is 4.39 Å². The monoisotopic (exact) mass is 237 g/mol. The van der Waals surface area contributed by atoms with Crippen LogP contribution in [0.1, 0.15) is 44.7 Å². The number of rotatable bonds is 6. The van der Waals surface area contributed by atoms with E-state index in [-0.39, 0.29) is 5.82 Å². The van der Waals surface area contributed by atoms with E-state index in [1.807, 2.05) is 13.0 Å². The van der Waals surface area contributed by atoms with E-state index in [4.69, 9.17) is 0 Å². The summed E-state index contributed by atoms with van der Waals surface area (Å²) in [5, 5.41) is 3.50. The Balaban J connectivity index is 2.57. The van der Waals surface area contributed by atoms with Gasteiger partial charge in [0, 0.05) is 12.6 Å². The fourth-order valence-corrected chi connectivity index (χ4v) is 2.26. The fourth-order valence-electron chi connectivity index (χ4n) is 2.26. The molecule has 0 fully saturated rings. The van der Waals surface area contributed by atoms with Crippen LogP contribution in [0.15, 0.2) is 18.2 Å². The number of halogens is 1. The molecule has 0 aliphatic carbocycles. The third-order valence-corrected chi connectivity index (χ3v) is 3.68. The number of aryl methyl sites for hydroxylation is 1. The van der Waals surface area contributed by atoms with Gasteiger partial charge in [-0.15, -0.1) is 0 Å². The summed E-state index contributed by atoms with van der Waals surface area (Å²) in [5.74, 6) is 0.548. The summed E-state index contributed by atoms with van der Waals surface area (Å²) in [6, 6.07) is 5.46. The molecule has 1 unspecified atom stereocenters. The van der Waals surface area contributed by atoms with Gasteiger partial charge in [0.1, 0.15) is 5.82 Å². The third kappa shape index (κ3) is 4.12. The highest BCUT2D eigenvalue weighted by atomic mass is 19.1. The van der Waals surface area contributed by atoms with Crippen LogP contribution in [0.25, 0.3) is 0 Å². The average Bonchev–Trinajstić information content (AvgIpc) is 2.32. The number of benzene rings is 1. The molecule has 1 aromatic rings. The molecule has 0 saturated heterocycles. The van der Waals surface area contributed by atoms with E-state index >= 15 is 0 Å². The molecule has 0 radical (unpaired) electrons. The van der Waals surface area contributed by atoms with Crippen LogP contribution in [0, 0.1) is 18.7 Å². The van der Waals surface area contributed by atoms with Crippen molar-refractivity contribution >= 4 is 0 Å². The minimum atomic E-state index is -0.150. The Morgan fingerprint density at radius 1 is 1.24 bits per heavy atom. The Kier molecular flexibility index (Phi) is 5.63. The van der Waals surface area contributed by atoms with E-state index in [2.05, 4.69) is 26.1 Å². The first kappa shape index (κ1) is 14.2. The molecule has 17 heavy (non-hydrogen) atoms. The molecule has 1 aromatic carbocycles. The summed E-state index contributed by atoms with van der Waals surface area (Å²) < 4.78 is 13.1. The number of nitrogens with one attached hydrogen (secondary N) is 1. The Bertz CT molecular complexity index is 345. The van der Waals surface area contributed by atoms with Gasteiger partial charge in [-0.3, -0.25) is 0 Å². The van der Waals surface area contributed by atoms with Gasteiger partial charge in [-0.2, -0.15) is 0 Å². The van der Waals surface area contributed by atoms with Crippen LogP contribution in [0.4, 0.5) is 4.39 Å². The van der Waals surface area contributed by atoms with Crippen molar-refractivity contribution in [1.82, 2.24) is 5.32 Å². The minimum absolute atomic E-state index is 0.150. The second kappa shape index (κ2) is 6.75. The van der Waals surface area contributed by atoms with Crippen molar-refractivity contribution in [1.29, 1.82) is 0 Å². The van der Waals surface area contributed by atoms with Crippen LogP contribution in [-0.4, -0.2) is 6.04 Å². The Labute approximate surface area is 104 Å². The SMILES string of the molecule is CCC(CC)C(C)NCc1cc(F)ccc1C. The van der Waals surface area contributed by atoms with Crippen molar-refractivity contribution in [3.8, 4) is 0 Å². The zero-order chi connectivity index (χ0) is 12.8. The molecule has 0 bridgehead atoms. The number of hydrogen-bond donors (Lipinski definition) is 1. The van der Waals surface area contributed by atoms with Gasteiger partial charge < -0.3 is 5.32 Å². The van der Waals surface area contributed by atoms with Gasteiger partial charge in [0.2, 0.25) is 0 Å². The van der Waals surface area contributed by atoms with Gasteiger partial charge in [-0.1, -0.05) is 32.8 Å². The Morgan fingerprint density at radius 3 is 2.47 bits per heavy atom. The maximum Gasteiger partial charge on any atom is 0.123 e. The summed E-state index contributed by atoms with van der Waals surface area (Å²) in [4.78, 5) is 0. The predicted molar refractivity (Wildman–Crippen MR) is 71.5 cm³/mol. The van der Waals surface area contributed by atoms with E-state index in [0.717, 1.165) is 17.7 Å². The second-order valence-corrected chi connectivity index (χ2v) is 4.82. The highest BCUT2D eigenvalue weighted by Gasteiger charge is 2.12. The average molecular weight is 237 g/mol. The Morgan fingerprint density at radius 2 is 1.88 bits per heavy atom. The lowest BCUT2D eigenvalue weighted by Crippen LogP contribution is -2.32. The Hall–Kier alpha value is -0.890. The molecular formula is C15H24FN. The molecular weight excluding hydrogens is 213 g/mol. The summed E-state index contributed by atoms with van der Waals surface area (Å²) >= 11 is 0. The molecule has 1 rings (SSSR count). The van der Waals surface area contributed by atoms with Crippen LogP contribution in [0.5, 0.6) is 0 Å². The summed E-state index contributed by atoms with van der Waals surface area (Å²) in [6.07, 6.45) is 2.37. The van der Waals surface area contributed by atoms with Gasteiger partial charge in [-0.05, 0) is 43.0 Å². The largest absolute Gasteiger partial charge is 0.310 e. The van der Waals surface area contributed by atoms with Gasteiger partial charge in [0.05, 0.1) is 0 Å². The van der Waals surface area contributed by atoms with Crippen LogP contribution >= 0.6 is 0 Å². The standard InChI is InChI=1S/C15H24FN/c1-5-13(6-2)12(4)17-10-14-9-15(16)8-7-11(14)3/h7-9,12-13,17H,5-6,10H2,1-4H3. The molecule has 96 valence electrons. The lowest BCUT2D eigenvalue weighted by molar-refractivity contribution is 0.352. The second-order valence-electron chi connectivity index (χ2n) is 4.82. The van der Waals surface area contributed by atoms with E-state index in [1.165, 1.54) is 18.9 Å². The van der Waals surface area contributed by atoms with Crippen molar-refractivity contribution in [3.05, 3.63) is 35.1 Å². The zero-order valence-corrected chi connectivity index (χ0v) is 11.4. The van der Waals surface area contributed by atoms with Gasteiger partial charge in [-0.25, -0.2) is 4.39 Å². The molecule has 0 aromatic heterocycles. The summed E-state index contributed by atoms with van der Waals surface area (Å²) in [6.45, 7) is 9.44. The minimum Gasteiger partial charge on any atom is -0.310 e. The van der Waals surface area contributed by atoms with Crippen LogP contribution in [0.3, 0.4) is 0 Å². The van der Waals surface area contributed by atoms with E-state index < -0.39 is 0 Å². The van der Waals surface area contributed by atoms with Crippen molar-refractivity contribution in [2.24, 2.45) is 5.92 Å². The normalized spacial score (nSPS) is 13.1. The quantitative estimate of drug-likeness (QED) is 0.787. The molecule has 0 heterocycles. The molecule has 0 spiro atoms. The van der Waals surface area contributed by atoms with Crippen molar-refractivity contribution in [2.75, 3.05) is 0 Å². The molecule has 2 heteroatoms. The molecule has 1 N–H and O–H groups in total. The van der Waals surface area contributed by atoms with Gasteiger partial charge in [0.25, 0.3) is 0 Å². The maximum atomic E-state index is 13.1. The van der Waals surface area contributed by atoms with Crippen molar-refractivity contribution in [2.45, 2.75) is 53.1 Å². The number of hydrogen-bond acceptors (Lipinski definition) is 1. The lowest BCUT2D eigenvalue weighted by atomic mass is 9.95. The van der Waals surface area contributed by atoms with Crippen LogP contribution < -0.4 is 5.32 Å². The van der Waals surface area contributed by atoms with Crippen LogP contribution in [-0.2, 0) is 6.54 Å². The molecule has 1 nitrogen and oxygen atoms in total. The van der Waals surface area contributed by atoms with Gasteiger partial charge in [0.15, 0.2) is 0 Å². The predicted octanol–water partition coefficient (Wildman–Crippen LogP) is 4.05. The van der Waals surface area contributed by atoms with E-state index in [9.17, 15) is 4.39 Å². The summed E-state index contributed by atoms with van der Waals surface area (Å²) in [7, 11) is 0. The fraction of sp³-hybridized carbons (Fsp3) is 0.600. The third-order valence-electron chi connectivity index (χ3n) is 3.68. The van der Waals surface area contributed by atoms with Gasteiger partial charge >= 0.3 is 0 Å². The molecule has 0 saturated carbocycles.